The highest BCUT2D eigenvalue weighted by atomic mass is 32.2. The predicted octanol–water partition coefficient (Wildman–Crippen LogP) is 3.89. The Morgan fingerprint density at radius 3 is 1.31 bits per heavy atom. The lowest BCUT2D eigenvalue weighted by molar-refractivity contribution is -0.671. The van der Waals surface area contributed by atoms with Crippen molar-refractivity contribution < 1.29 is 71.1 Å². The van der Waals surface area contributed by atoms with Crippen LogP contribution in [0.1, 0.15) is 99.3 Å². The number of aldehydes is 1. The molecule has 1 aliphatic heterocycles. The fraction of sp³-hybridized carbons (Fsp3) is 0.386. The summed E-state index contributed by atoms with van der Waals surface area (Å²) in [7, 11) is -3.43. The van der Waals surface area contributed by atoms with E-state index in [-0.39, 0.29) is 32.1 Å². The maximum Gasteiger partial charge on any atom is 1.00 e. The van der Waals surface area contributed by atoms with Gasteiger partial charge in [0.1, 0.15) is 20.4 Å². The number of hydrogen-bond acceptors (Lipinski definition) is 13. The maximum absolute atomic E-state index is 10.5. The molecule has 3 heterocycles. The van der Waals surface area contributed by atoms with E-state index in [0.29, 0.717) is 24.5 Å². The van der Waals surface area contributed by atoms with Gasteiger partial charge in [0, 0.05) is 41.8 Å². The first-order chi connectivity index (χ1) is 28.7. The van der Waals surface area contributed by atoms with Gasteiger partial charge >= 0.3 is 1.43 Å². The quantitative estimate of drug-likeness (QED) is 0.0895. The molecular formula is C44H61N2O13S2+. The minimum Gasteiger partial charge on any atom is -0.707 e. The SMILES string of the molecule is CCC(C)O.CCC1CC(CC(C)O)OC(c2ccc(/C=C/c3cc[n+](C)cc3)cc2)O1.CS(=O)(=O)O[O-].CS(=O)(=O)O[O-].C[n+]1ccc(/C=C/c2ccc(C=O)cc2)cc1.[H+]. The van der Waals surface area contributed by atoms with Crippen LogP contribution in [0.2, 0.25) is 0 Å². The van der Waals surface area contributed by atoms with Crippen LogP contribution in [0, 0.1) is 0 Å². The van der Waals surface area contributed by atoms with E-state index in [1.165, 1.54) is 5.56 Å². The molecule has 0 aliphatic carbocycles. The van der Waals surface area contributed by atoms with Crippen LogP contribution in [0.5, 0.6) is 0 Å². The number of aryl methyl sites for hydroxylation is 2. The van der Waals surface area contributed by atoms with Gasteiger partial charge in [0.25, 0.3) is 20.2 Å². The van der Waals surface area contributed by atoms with E-state index >= 15 is 0 Å². The topological polar surface area (TPSA) is 217 Å². The fourth-order valence-electron chi connectivity index (χ4n) is 4.82. The minimum atomic E-state index is -3.72. The van der Waals surface area contributed by atoms with Crippen molar-refractivity contribution in [3.8, 4) is 0 Å². The van der Waals surface area contributed by atoms with Gasteiger partial charge in [0.2, 0.25) is 0 Å². The van der Waals surface area contributed by atoms with Crippen LogP contribution >= 0.6 is 0 Å². The summed E-state index contributed by atoms with van der Waals surface area (Å²) in [5.41, 5.74) is 6.27. The highest BCUT2D eigenvalue weighted by molar-refractivity contribution is 7.86. The molecule has 5 unspecified atom stereocenters. The van der Waals surface area contributed by atoms with E-state index in [9.17, 15) is 26.7 Å². The summed E-state index contributed by atoms with van der Waals surface area (Å²) in [6, 6.07) is 24.1. The number of hydrogen-bond donors (Lipinski definition) is 2. The molecule has 15 nitrogen and oxygen atoms in total. The second-order valence-corrected chi connectivity index (χ2v) is 17.2. The highest BCUT2D eigenvalue weighted by Gasteiger charge is 2.30. The summed E-state index contributed by atoms with van der Waals surface area (Å²) in [6.45, 7) is 7.66. The molecule has 336 valence electrons. The molecule has 17 heteroatoms. The lowest BCUT2D eigenvalue weighted by Crippen LogP contribution is -2.35. The Hall–Kier alpha value is -4.53. The summed E-state index contributed by atoms with van der Waals surface area (Å²) in [5.74, 6) is 0. The Balaban J connectivity index is 0.000000901. The minimum absolute atomic E-state index is 0. The molecule has 2 aromatic carbocycles. The van der Waals surface area contributed by atoms with Crippen LogP contribution in [-0.4, -0.2) is 70.3 Å². The number of aliphatic hydroxyl groups excluding tert-OH is 2. The molecule has 5 atom stereocenters. The molecule has 1 aliphatic rings. The average molecular weight is 890 g/mol. The number of ether oxygens (including phenoxy) is 2. The summed E-state index contributed by atoms with van der Waals surface area (Å²) >= 11 is 0. The van der Waals surface area contributed by atoms with Crippen molar-refractivity contribution in [2.24, 2.45) is 14.1 Å². The molecule has 2 N–H and O–H groups in total. The summed E-state index contributed by atoms with van der Waals surface area (Å²) in [6.07, 6.45) is 21.3. The number of pyridine rings is 2. The Morgan fingerprint density at radius 1 is 0.672 bits per heavy atom. The van der Waals surface area contributed by atoms with E-state index in [1.54, 1.807) is 6.92 Å². The lowest BCUT2D eigenvalue weighted by atomic mass is 10.0. The molecule has 4 aromatic rings. The summed E-state index contributed by atoms with van der Waals surface area (Å²) < 4.78 is 59.4. The van der Waals surface area contributed by atoms with Crippen LogP contribution in [0.15, 0.2) is 97.6 Å². The van der Waals surface area contributed by atoms with E-state index in [0.717, 1.165) is 47.8 Å². The summed E-state index contributed by atoms with van der Waals surface area (Å²) in [4.78, 5) is 10.5. The Bertz CT molecular complexity index is 2070. The van der Waals surface area contributed by atoms with Crippen molar-refractivity contribution in [3.05, 3.63) is 131 Å². The number of nitrogens with zero attached hydrogens (tertiary/aromatic N) is 2. The van der Waals surface area contributed by atoms with Crippen LogP contribution in [0.4, 0.5) is 0 Å². The number of aliphatic hydroxyl groups is 2. The van der Waals surface area contributed by atoms with Crippen molar-refractivity contribution >= 4 is 50.8 Å². The van der Waals surface area contributed by atoms with Gasteiger partial charge in [-0.1, -0.05) is 86.7 Å². The molecule has 1 saturated heterocycles. The zero-order valence-corrected chi connectivity index (χ0v) is 37.6. The van der Waals surface area contributed by atoms with Gasteiger partial charge in [0.05, 0.1) is 36.9 Å². The standard InChI is InChI=1S/C23H30NO3.C15H14NO.C4H10O.2CH4O4S/c1-4-21-16-22(15-17(2)25)27-23(26-21)20-9-7-18(8-10-20)5-6-19-11-13-24(3)14-12-19;1-16-10-8-14(9-11-16)3-2-13-4-6-15(12-17)7-5-13;1-3-4(2)5;2*1-6(3,4)5-2/h5-14,17,21-23,25H,4,15-16H2,1-3H3;2-12H,1H3;4-5H,3H2,1-2H3;2*2H,1H3/q2*+1;;;/p-1/b6-5+;3-2+;;;. The number of carbonyl (C=O) groups excluding carboxylic acids is 1. The Kier molecular flexibility index (Phi) is 25.8. The average Bonchev–Trinajstić information content (AvgIpc) is 3.23. The van der Waals surface area contributed by atoms with Gasteiger partial charge in [-0.2, -0.15) is 0 Å². The zero-order chi connectivity index (χ0) is 46.0. The molecular weight excluding hydrogens is 829 g/mol. The molecule has 0 radical (unpaired) electrons. The smallest absolute Gasteiger partial charge is 0.707 e. The van der Waals surface area contributed by atoms with E-state index < -0.39 is 20.2 Å². The van der Waals surface area contributed by atoms with E-state index in [4.69, 9.17) is 25.1 Å². The van der Waals surface area contributed by atoms with Gasteiger partial charge in [-0.25, -0.2) is 26.0 Å². The van der Waals surface area contributed by atoms with E-state index in [2.05, 4.69) is 82.4 Å². The first-order valence-electron chi connectivity index (χ1n) is 19.3. The van der Waals surface area contributed by atoms with Crippen molar-refractivity contribution in [1.82, 2.24) is 0 Å². The predicted molar refractivity (Wildman–Crippen MR) is 230 cm³/mol. The lowest BCUT2D eigenvalue weighted by Gasteiger charge is -2.36. The third-order valence-corrected chi connectivity index (χ3v) is 8.78. The van der Waals surface area contributed by atoms with Gasteiger partial charge in [-0.3, -0.25) is 4.79 Å². The third-order valence-electron chi connectivity index (χ3n) is 8.28. The zero-order valence-electron chi connectivity index (χ0n) is 36.9. The molecule has 2 aromatic heterocycles. The number of rotatable bonds is 12. The second-order valence-electron chi connectivity index (χ2n) is 14.1. The number of benzene rings is 2. The molecule has 0 saturated carbocycles. The fourth-order valence-corrected chi connectivity index (χ4v) is 4.82. The number of carbonyl (C=O) groups is 1. The Labute approximate surface area is 362 Å². The van der Waals surface area contributed by atoms with Crippen molar-refractivity contribution in [3.63, 3.8) is 0 Å². The van der Waals surface area contributed by atoms with Crippen molar-refractivity contribution in [2.45, 2.75) is 84.1 Å². The molecule has 0 bridgehead atoms. The monoisotopic (exact) mass is 889 g/mol. The number of aromatic nitrogens is 2. The van der Waals surface area contributed by atoms with Crippen molar-refractivity contribution in [1.29, 1.82) is 0 Å². The Morgan fingerprint density at radius 2 is 1.00 bits per heavy atom. The van der Waals surface area contributed by atoms with Crippen LogP contribution in [0.3, 0.4) is 0 Å². The van der Waals surface area contributed by atoms with Crippen molar-refractivity contribution in [2.75, 3.05) is 12.5 Å². The molecule has 1 fully saturated rings. The van der Waals surface area contributed by atoms with Gasteiger partial charge in [-0.05, 0) is 55.4 Å². The third kappa shape index (κ3) is 26.4. The molecule has 61 heavy (non-hydrogen) atoms. The van der Waals surface area contributed by atoms with Gasteiger partial charge < -0.3 is 38.9 Å². The first-order valence-corrected chi connectivity index (χ1v) is 23.0. The van der Waals surface area contributed by atoms with E-state index in [1.807, 2.05) is 92.2 Å². The van der Waals surface area contributed by atoms with Gasteiger partial charge in [0.15, 0.2) is 31.1 Å². The molecule has 0 spiro atoms. The van der Waals surface area contributed by atoms with Crippen LogP contribution in [0.25, 0.3) is 24.3 Å². The summed E-state index contributed by atoms with van der Waals surface area (Å²) in [5, 5.41) is 35.8. The largest absolute Gasteiger partial charge is 1.00 e. The normalized spacial score (nSPS) is 17.2. The molecule has 5 rings (SSSR count). The maximum atomic E-state index is 10.5. The van der Waals surface area contributed by atoms with Crippen LogP contribution in [-0.2, 0) is 52.5 Å². The highest BCUT2D eigenvalue weighted by Crippen LogP contribution is 2.33. The van der Waals surface area contributed by atoms with Crippen LogP contribution < -0.4 is 19.6 Å². The van der Waals surface area contributed by atoms with Gasteiger partial charge in [-0.15, -0.1) is 0 Å². The first kappa shape index (κ1) is 54.5. The molecule has 0 amide bonds. The second kappa shape index (κ2) is 28.9.